The van der Waals surface area contributed by atoms with Gasteiger partial charge in [0.25, 0.3) is 0 Å². The van der Waals surface area contributed by atoms with E-state index in [0.29, 0.717) is 23.3 Å². The number of hydrogen-bond donors (Lipinski definition) is 0. The lowest BCUT2D eigenvalue weighted by atomic mass is 10.0. The Kier molecular flexibility index (Phi) is 7.34. The monoisotopic (exact) mass is 617 g/mol. The van der Waals surface area contributed by atoms with E-state index in [-0.39, 0.29) is 0 Å². The predicted octanol–water partition coefficient (Wildman–Crippen LogP) is 9.43. The van der Waals surface area contributed by atoms with E-state index in [1.807, 2.05) is 121 Å². The fourth-order valence-electron chi connectivity index (χ4n) is 4.89. The van der Waals surface area contributed by atoms with Gasteiger partial charge in [0.2, 0.25) is 0 Å². The number of nitrogens with zero attached hydrogens (tertiary/aromatic N) is 5. The van der Waals surface area contributed by atoms with Gasteiger partial charge in [0, 0.05) is 33.4 Å². The third-order valence-electron chi connectivity index (χ3n) is 7.02. The van der Waals surface area contributed by atoms with Crippen molar-refractivity contribution in [3.8, 4) is 68.1 Å². The molecule has 0 aliphatic heterocycles. The van der Waals surface area contributed by atoms with Crippen molar-refractivity contribution in [2.75, 3.05) is 0 Å². The second kappa shape index (κ2) is 11.9. The summed E-state index contributed by atoms with van der Waals surface area (Å²) < 4.78 is 0.820. The molecule has 204 valence electrons. The molecule has 0 bridgehead atoms. The molecule has 0 aliphatic rings. The van der Waals surface area contributed by atoms with Crippen LogP contribution in [0.5, 0.6) is 0 Å². The molecule has 2 heterocycles. The summed E-state index contributed by atoms with van der Waals surface area (Å²) in [5.41, 5.74) is 7.20. The smallest absolute Gasteiger partial charge is 0.164 e. The van der Waals surface area contributed by atoms with E-state index in [1.165, 1.54) is 0 Å². The number of rotatable bonds is 6. The molecule has 0 aliphatic carbocycles. The molecule has 0 spiro atoms. The van der Waals surface area contributed by atoms with Crippen LogP contribution in [0.3, 0.4) is 0 Å². The summed E-state index contributed by atoms with van der Waals surface area (Å²) in [7, 11) is 0. The van der Waals surface area contributed by atoms with Crippen molar-refractivity contribution in [1.82, 2.24) is 24.9 Å². The molecule has 0 unspecified atom stereocenters. The maximum atomic E-state index is 5.05. The average Bonchev–Trinajstić information content (AvgIpc) is 3.10. The third kappa shape index (κ3) is 5.61. The molecule has 0 N–H and O–H groups in total. The first-order valence-electron chi connectivity index (χ1n) is 13.9. The minimum atomic E-state index is 0.589. The van der Waals surface area contributed by atoms with Crippen LogP contribution in [-0.2, 0) is 0 Å². The summed E-state index contributed by atoms with van der Waals surface area (Å²) in [4.78, 5) is 24.7. The van der Waals surface area contributed by atoms with E-state index >= 15 is 0 Å². The Labute approximate surface area is 258 Å². The molecule has 0 saturated carbocycles. The Morgan fingerprint density at radius 3 is 1.09 bits per heavy atom. The highest BCUT2D eigenvalue weighted by Crippen LogP contribution is 2.37. The van der Waals surface area contributed by atoms with Gasteiger partial charge in [-0.05, 0) is 22.0 Å². The van der Waals surface area contributed by atoms with Crippen LogP contribution in [0.25, 0.3) is 68.1 Å². The van der Waals surface area contributed by atoms with Crippen molar-refractivity contribution in [1.29, 1.82) is 0 Å². The van der Waals surface area contributed by atoms with E-state index < -0.39 is 0 Å². The van der Waals surface area contributed by atoms with Gasteiger partial charge in [0.05, 0.1) is 15.9 Å². The fourth-order valence-corrected chi connectivity index (χ4v) is 5.52. The van der Waals surface area contributed by atoms with Crippen molar-refractivity contribution in [3.63, 3.8) is 0 Å². The van der Waals surface area contributed by atoms with Crippen LogP contribution in [0.2, 0.25) is 0 Å². The van der Waals surface area contributed by atoms with E-state index in [9.17, 15) is 0 Å². The number of aromatic nitrogens is 5. The van der Waals surface area contributed by atoms with E-state index in [2.05, 4.69) is 40.2 Å². The van der Waals surface area contributed by atoms with Crippen LogP contribution in [0.15, 0.2) is 150 Å². The zero-order valence-electron chi connectivity index (χ0n) is 23.0. The van der Waals surface area contributed by atoms with Crippen molar-refractivity contribution in [2.45, 2.75) is 0 Å². The number of hydrogen-bond acceptors (Lipinski definition) is 5. The van der Waals surface area contributed by atoms with Gasteiger partial charge in [-0.1, -0.05) is 140 Å². The fraction of sp³-hybridized carbons (Fsp3) is 0. The van der Waals surface area contributed by atoms with E-state index in [4.69, 9.17) is 24.9 Å². The third-order valence-corrected chi connectivity index (χ3v) is 7.78. The average molecular weight is 619 g/mol. The molecule has 7 rings (SSSR count). The molecule has 5 nitrogen and oxygen atoms in total. The van der Waals surface area contributed by atoms with Crippen molar-refractivity contribution < 1.29 is 0 Å². The van der Waals surface area contributed by atoms with Crippen LogP contribution >= 0.6 is 15.9 Å². The summed E-state index contributed by atoms with van der Waals surface area (Å²) in [6, 6.07) is 48.3. The Bertz CT molecular complexity index is 1960. The van der Waals surface area contributed by atoms with Crippen LogP contribution < -0.4 is 0 Å². The van der Waals surface area contributed by atoms with Gasteiger partial charge in [0.15, 0.2) is 23.3 Å². The first kappa shape index (κ1) is 26.6. The zero-order chi connectivity index (χ0) is 29.0. The van der Waals surface area contributed by atoms with Gasteiger partial charge in [-0.15, -0.1) is 0 Å². The first-order valence-corrected chi connectivity index (χ1v) is 14.7. The summed E-state index contributed by atoms with van der Waals surface area (Å²) in [5, 5.41) is 0. The molecular formula is C37H24BrN5. The van der Waals surface area contributed by atoms with Gasteiger partial charge < -0.3 is 0 Å². The minimum absolute atomic E-state index is 0.589. The van der Waals surface area contributed by atoms with Crippen molar-refractivity contribution >= 4 is 15.9 Å². The Balaban J connectivity index is 1.40. The molecule has 0 radical (unpaired) electrons. The van der Waals surface area contributed by atoms with E-state index in [1.54, 1.807) is 0 Å². The van der Waals surface area contributed by atoms with Crippen molar-refractivity contribution in [2.24, 2.45) is 0 Å². The quantitative estimate of drug-likeness (QED) is 0.186. The summed E-state index contributed by atoms with van der Waals surface area (Å²) in [5.74, 6) is 2.49. The van der Waals surface area contributed by atoms with E-state index in [0.717, 1.165) is 49.2 Å². The topological polar surface area (TPSA) is 64.5 Å². The second-order valence-electron chi connectivity index (χ2n) is 9.91. The second-order valence-corrected chi connectivity index (χ2v) is 10.7. The summed E-state index contributed by atoms with van der Waals surface area (Å²) >= 11 is 3.86. The Morgan fingerprint density at radius 2 is 0.628 bits per heavy atom. The molecule has 0 amide bonds. The Hall–Kier alpha value is -5.33. The van der Waals surface area contributed by atoms with Gasteiger partial charge in [0.1, 0.15) is 0 Å². The number of benzene rings is 5. The molecule has 0 saturated heterocycles. The molecule has 2 aromatic heterocycles. The molecule has 43 heavy (non-hydrogen) atoms. The highest BCUT2D eigenvalue weighted by atomic mass is 79.9. The molecule has 0 atom stereocenters. The standard InChI is InChI=1S/C37H24BrN5/c38-31-32(25-14-5-1-6-15-25)39-34(26-16-7-2-8-17-26)40-33(31)29-22-13-23-30(24-29)37-42-35(27-18-9-3-10-19-27)41-36(43-37)28-20-11-4-12-21-28/h1-24H. The van der Waals surface area contributed by atoms with Crippen LogP contribution in [-0.4, -0.2) is 24.9 Å². The predicted molar refractivity (Wildman–Crippen MR) is 176 cm³/mol. The molecule has 6 heteroatoms. The lowest BCUT2D eigenvalue weighted by Gasteiger charge is -2.13. The molecular weight excluding hydrogens is 594 g/mol. The first-order chi connectivity index (χ1) is 21.2. The summed E-state index contributed by atoms with van der Waals surface area (Å²) in [6.07, 6.45) is 0. The molecule has 0 fully saturated rings. The highest BCUT2D eigenvalue weighted by molar-refractivity contribution is 9.10. The van der Waals surface area contributed by atoms with Crippen LogP contribution in [0.1, 0.15) is 0 Å². The van der Waals surface area contributed by atoms with Crippen LogP contribution in [0, 0.1) is 0 Å². The normalized spacial score (nSPS) is 10.9. The SMILES string of the molecule is Brc1c(-c2ccccc2)nc(-c2ccccc2)nc1-c1cccc(-c2nc(-c3ccccc3)nc(-c3ccccc3)n2)c1. The van der Waals surface area contributed by atoms with Gasteiger partial charge in [-0.2, -0.15) is 0 Å². The largest absolute Gasteiger partial charge is 0.227 e. The van der Waals surface area contributed by atoms with Crippen LogP contribution in [0.4, 0.5) is 0 Å². The number of halogens is 1. The van der Waals surface area contributed by atoms with Crippen molar-refractivity contribution in [3.05, 3.63) is 150 Å². The zero-order valence-corrected chi connectivity index (χ0v) is 24.6. The summed E-state index contributed by atoms with van der Waals surface area (Å²) in [6.45, 7) is 0. The molecule has 5 aromatic carbocycles. The highest BCUT2D eigenvalue weighted by Gasteiger charge is 2.18. The van der Waals surface area contributed by atoms with Gasteiger partial charge >= 0.3 is 0 Å². The lowest BCUT2D eigenvalue weighted by molar-refractivity contribution is 1.07. The van der Waals surface area contributed by atoms with Gasteiger partial charge in [-0.25, -0.2) is 24.9 Å². The van der Waals surface area contributed by atoms with Gasteiger partial charge in [-0.3, -0.25) is 0 Å². The Morgan fingerprint density at radius 1 is 0.302 bits per heavy atom. The maximum absolute atomic E-state index is 5.05. The molecule has 7 aromatic rings. The lowest BCUT2D eigenvalue weighted by Crippen LogP contribution is -2.01. The minimum Gasteiger partial charge on any atom is -0.227 e. The maximum Gasteiger partial charge on any atom is 0.164 e.